The fourth-order valence-electron chi connectivity index (χ4n) is 3.77. The van der Waals surface area contributed by atoms with Crippen LogP contribution in [0.2, 0.25) is 0 Å². The van der Waals surface area contributed by atoms with E-state index in [0.717, 1.165) is 0 Å². The Morgan fingerprint density at radius 2 is 1.55 bits per heavy atom. The summed E-state index contributed by atoms with van der Waals surface area (Å²) in [7, 11) is 0. The van der Waals surface area contributed by atoms with Crippen LogP contribution < -0.4 is 10.6 Å². The molecule has 0 radical (unpaired) electrons. The highest BCUT2D eigenvalue weighted by Gasteiger charge is 2.24. The Morgan fingerprint density at radius 3 is 2.21 bits per heavy atom. The number of fused-ring (bicyclic) bond motifs is 1. The molecule has 0 aliphatic carbocycles. The van der Waals surface area contributed by atoms with E-state index in [1.807, 2.05) is 12.1 Å². The van der Waals surface area contributed by atoms with Crippen molar-refractivity contribution in [1.29, 1.82) is 0 Å². The molecule has 0 unspecified atom stereocenters. The number of amides is 3. The van der Waals surface area contributed by atoms with Gasteiger partial charge < -0.3 is 24.8 Å². The Morgan fingerprint density at radius 1 is 0.909 bits per heavy atom. The van der Waals surface area contributed by atoms with E-state index in [9.17, 15) is 19.2 Å². The molecule has 2 aromatic carbocycles. The van der Waals surface area contributed by atoms with Gasteiger partial charge in [-0.15, -0.1) is 0 Å². The first-order valence-corrected chi connectivity index (χ1v) is 10.6. The molecule has 9 heteroatoms. The van der Waals surface area contributed by atoms with Crippen molar-refractivity contribution in [3.05, 3.63) is 60.3 Å². The number of hydrogen-bond acceptors (Lipinski definition) is 5. The van der Waals surface area contributed by atoms with Crippen LogP contribution in [0, 0.1) is 0 Å². The zero-order chi connectivity index (χ0) is 23.4. The number of morpholine rings is 1. The molecule has 1 aliphatic heterocycles. The standard InChI is InChI=1S/C24H24N4O5/c1-16(29)25-17-6-8-18(9-7-17)26-24(32)23(31)20-14-28(21-5-3-2-4-19(20)21)15-22(30)27-10-12-33-13-11-27/h2-9,14H,10-13,15H2,1H3,(H,25,29)(H,26,32). The summed E-state index contributed by atoms with van der Waals surface area (Å²) in [6, 6.07) is 13.6. The molecule has 3 amide bonds. The van der Waals surface area contributed by atoms with E-state index in [1.54, 1.807) is 52.1 Å². The van der Waals surface area contributed by atoms with E-state index in [1.165, 1.54) is 6.92 Å². The molecule has 1 saturated heterocycles. The summed E-state index contributed by atoms with van der Waals surface area (Å²) in [5, 5.41) is 5.83. The molecule has 3 aromatic rings. The smallest absolute Gasteiger partial charge is 0.296 e. The van der Waals surface area contributed by atoms with E-state index in [0.29, 0.717) is 48.6 Å². The number of ketones is 1. The Kier molecular flexibility index (Phi) is 6.50. The average molecular weight is 448 g/mol. The maximum atomic E-state index is 13.0. The number of hydrogen-bond donors (Lipinski definition) is 2. The molecule has 170 valence electrons. The number of nitrogens with one attached hydrogen (secondary N) is 2. The number of para-hydroxylation sites is 1. The van der Waals surface area contributed by atoms with Gasteiger partial charge in [0.05, 0.1) is 18.8 Å². The number of benzene rings is 2. The van der Waals surface area contributed by atoms with Crippen LogP contribution in [0.15, 0.2) is 54.7 Å². The molecule has 1 aliphatic rings. The molecule has 0 atom stereocenters. The first-order chi connectivity index (χ1) is 15.9. The van der Waals surface area contributed by atoms with Crippen LogP contribution in [-0.2, 0) is 25.7 Å². The van der Waals surface area contributed by atoms with Gasteiger partial charge in [-0.05, 0) is 30.3 Å². The number of ether oxygens (including phenoxy) is 1. The lowest BCUT2D eigenvalue weighted by atomic mass is 10.1. The van der Waals surface area contributed by atoms with E-state index in [-0.39, 0.29) is 23.9 Å². The first-order valence-electron chi connectivity index (χ1n) is 10.6. The molecule has 2 heterocycles. The fraction of sp³-hybridized carbons (Fsp3) is 0.250. The van der Waals surface area contributed by atoms with E-state index in [4.69, 9.17) is 4.74 Å². The Balaban J connectivity index is 1.52. The van der Waals surface area contributed by atoms with Crippen LogP contribution in [0.25, 0.3) is 10.9 Å². The van der Waals surface area contributed by atoms with Gasteiger partial charge in [-0.3, -0.25) is 19.2 Å². The van der Waals surface area contributed by atoms with Crippen molar-refractivity contribution >= 4 is 45.8 Å². The van der Waals surface area contributed by atoms with Crippen molar-refractivity contribution in [2.45, 2.75) is 13.5 Å². The van der Waals surface area contributed by atoms with Crippen LogP contribution in [-0.4, -0.2) is 59.3 Å². The summed E-state index contributed by atoms with van der Waals surface area (Å²) < 4.78 is 7.00. The maximum absolute atomic E-state index is 13.0. The number of anilines is 2. The van der Waals surface area contributed by atoms with Crippen molar-refractivity contribution in [3.8, 4) is 0 Å². The first kappa shape index (κ1) is 22.2. The SMILES string of the molecule is CC(=O)Nc1ccc(NC(=O)C(=O)c2cn(CC(=O)N3CCOCC3)c3ccccc23)cc1. The topological polar surface area (TPSA) is 110 Å². The van der Waals surface area contributed by atoms with Crippen molar-refractivity contribution in [1.82, 2.24) is 9.47 Å². The maximum Gasteiger partial charge on any atom is 0.296 e. The molecule has 1 aromatic heterocycles. The van der Waals surface area contributed by atoms with Gasteiger partial charge >= 0.3 is 0 Å². The lowest BCUT2D eigenvalue weighted by molar-refractivity contribution is -0.135. The second kappa shape index (κ2) is 9.66. The van der Waals surface area contributed by atoms with Gasteiger partial charge in [0, 0.05) is 48.5 Å². The molecule has 0 bridgehead atoms. The van der Waals surface area contributed by atoms with Gasteiger partial charge in [-0.2, -0.15) is 0 Å². The van der Waals surface area contributed by atoms with Gasteiger partial charge in [-0.1, -0.05) is 18.2 Å². The van der Waals surface area contributed by atoms with Crippen LogP contribution in [0.3, 0.4) is 0 Å². The second-order valence-corrected chi connectivity index (χ2v) is 7.72. The van der Waals surface area contributed by atoms with Crippen molar-refractivity contribution in [3.63, 3.8) is 0 Å². The van der Waals surface area contributed by atoms with Gasteiger partial charge in [0.2, 0.25) is 11.8 Å². The lowest BCUT2D eigenvalue weighted by Crippen LogP contribution is -2.42. The molecule has 4 rings (SSSR count). The predicted molar refractivity (Wildman–Crippen MR) is 123 cm³/mol. The third-order valence-electron chi connectivity index (χ3n) is 5.37. The molecule has 0 spiro atoms. The highest BCUT2D eigenvalue weighted by molar-refractivity contribution is 6.48. The highest BCUT2D eigenvalue weighted by atomic mass is 16.5. The lowest BCUT2D eigenvalue weighted by Gasteiger charge is -2.27. The van der Waals surface area contributed by atoms with E-state index < -0.39 is 11.7 Å². The number of nitrogens with zero attached hydrogens (tertiary/aromatic N) is 2. The number of carbonyl (C=O) groups is 4. The van der Waals surface area contributed by atoms with Crippen molar-refractivity contribution in [2.75, 3.05) is 36.9 Å². The summed E-state index contributed by atoms with van der Waals surface area (Å²) in [4.78, 5) is 51.2. The van der Waals surface area contributed by atoms with Crippen LogP contribution in [0.4, 0.5) is 11.4 Å². The van der Waals surface area contributed by atoms with Crippen LogP contribution >= 0.6 is 0 Å². The third kappa shape index (κ3) is 5.09. The molecular weight excluding hydrogens is 424 g/mol. The fourth-order valence-corrected chi connectivity index (χ4v) is 3.77. The van der Waals surface area contributed by atoms with Crippen LogP contribution in [0.1, 0.15) is 17.3 Å². The highest BCUT2D eigenvalue weighted by Crippen LogP contribution is 2.23. The van der Waals surface area contributed by atoms with E-state index >= 15 is 0 Å². The molecule has 9 nitrogen and oxygen atoms in total. The predicted octanol–water partition coefficient (Wildman–Crippen LogP) is 2.28. The Labute approximate surface area is 190 Å². The summed E-state index contributed by atoms with van der Waals surface area (Å²) in [6.07, 6.45) is 1.56. The molecule has 0 saturated carbocycles. The summed E-state index contributed by atoms with van der Waals surface area (Å²) in [5.74, 6) is -1.76. The third-order valence-corrected chi connectivity index (χ3v) is 5.37. The van der Waals surface area contributed by atoms with Gasteiger partial charge in [-0.25, -0.2) is 0 Å². The largest absolute Gasteiger partial charge is 0.378 e. The molecule has 2 N–H and O–H groups in total. The normalized spacial score (nSPS) is 13.5. The minimum absolute atomic E-state index is 0.0678. The number of rotatable bonds is 6. The minimum Gasteiger partial charge on any atom is -0.378 e. The van der Waals surface area contributed by atoms with Crippen LogP contribution in [0.5, 0.6) is 0 Å². The zero-order valence-electron chi connectivity index (χ0n) is 18.2. The molecular formula is C24H24N4O5. The average Bonchev–Trinajstić information content (AvgIpc) is 3.18. The van der Waals surface area contributed by atoms with E-state index in [2.05, 4.69) is 10.6 Å². The van der Waals surface area contributed by atoms with Crippen molar-refractivity contribution < 1.29 is 23.9 Å². The summed E-state index contributed by atoms with van der Waals surface area (Å²) >= 11 is 0. The van der Waals surface area contributed by atoms with Crippen molar-refractivity contribution in [2.24, 2.45) is 0 Å². The van der Waals surface area contributed by atoms with Gasteiger partial charge in [0.1, 0.15) is 6.54 Å². The number of carbonyl (C=O) groups excluding carboxylic acids is 4. The Hall–Kier alpha value is -3.98. The number of aromatic nitrogens is 1. The Bertz CT molecular complexity index is 1210. The molecule has 1 fully saturated rings. The minimum atomic E-state index is -0.787. The molecule has 33 heavy (non-hydrogen) atoms. The summed E-state index contributed by atoms with van der Waals surface area (Å²) in [6.45, 7) is 3.56. The van der Waals surface area contributed by atoms with Gasteiger partial charge in [0.15, 0.2) is 0 Å². The monoisotopic (exact) mass is 448 g/mol. The van der Waals surface area contributed by atoms with Gasteiger partial charge in [0.25, 0.3) is 11.7 Å². The summed E-state index contributed by atoms with van der Waals surface area (Å²) in [5.41, 5.74) is 1.94. The quantitative estimate of drug-likeness (QED) is 0.444. The zero-order valence-corrected chi connectivity index (χ0v) is 18.2. The second-order valence-electron chi connectivity index (χ2n) is 7.72. The number of Topliss-reactive ketones (excluding diaryl/α,β-unsaturated/α-hetero) is 1.